The van der Waals surface area contributed by atoms with E-state index < -0.39 is 21.5 Å². The number of rotatable bonds is 16. The molecule has 5 rings (SSSR count). The first-order valence-corrected chi connectivity index (χ1v) is 18.2. The Hall–Kier alpha value is -3.99. The Labute approximate surface area is 284 Å². The van der Waals surface area contributed by atoms with E-state index in [1.54, 1.807) is 54.6 Å². The Balaban J connectivity index is 1.46. The zero-order valence-electron chi connectivity index (χ0n) is 26.1. The van der Waals surface area contributed by atoms with E-state index in [2.05, 4.69) is 33.4 Å². The van der Waals surface area contributed by atoms with Gasteiger partial charge in [0, 0.05) is 41.6 Å². The molecule has 2 N–H and O–H groups in total. The number of halogens is 1. The standard InChI is InChI=1S/C37H39BrN2O6S/c38-33-18-8-7-17-32(33)34-37(23-27-47(43,44)31-15-5-2-6-16-31,36(42)39-24-10-9-14-28-12-3-1-4-13-28)40-35(46-34)29-19-21-30(22-20-29)45-26-11-25-41/h1-8,12-13,15-22,34,41H,9-11,14,23-27H2,(H,39,42)/t34-,37-/m1/s1. The third-order valence-corrected chi connectivity index (χ3v) is 10.5. The van der Waals surface area contributed by atoms with E-state index in [0.29, 0.717) is 36.4 Å². The van der Waals surface area contributed by atoms with E-state index in [1.807, 2.05) is 42.5 Å². The number of sulfone groups is 1. The van der Waals surface area contributed by atoms with Crippen LogP contribution in [0.3, 0.4) is 0 Å². The molecule has 0 aromatic heterocycles. The van der Waals surface area contributed by atoms with E-state index in [-0.39, 0.29) is 35.5 Å². The largest absolute Gasteiger partial charge is 0.494 e. The molecular weight excluding hydrogens is 680 g/mol. The molecule has 0 aliphatic carbocycles. The second-order valence-electron chi connectivity index (χ2n) is 11.4. The summed E-state index contributed by atoms with van der Waals surface area (Å²) in [6.45, 7) is 0.824. The van der Waals surface area contributed by atoms with Crippen molar-refractivity contribution in [1.29, 1.82) is 0 Å². The molecule has 4 aromatic rings. The maximum absolute atomic E-state index is 14.4. The lowest BCUT2D eigenvalue weighted by atomic mass is 9.85. The number of aliphatic imine (C=N–C) groups is 1. The van der Waals surface area contributed by atoms with Gasteiger partial charge in [-0.3, -0.25) is 4.79 Å². The molecule has 47 heavy (non-hydrogen) atoms. The number of unbranched alkanes of at least 4 members (excludes halogenated alkanes) is 1. The van der Waals surface area contributed by atoms with Crippen LogP contribution in [0.4, 0.5) is 0 Å². The van der Waals surface area contributed by atoms with E-state index in [9.17, 15) is 13.2 Å². The minimum atomic E-state index is -3.74. The lowest BCUT2D eigenvalue weighted by Crippen LogP contribution is -2.49. The molecule has 0 saturated heterocycles. The summed E-state index contributed by atoms with van der Waals surface area (Å²) in [5, 5.41) is 12.1. The number of carbonyl (C=O) groups excluding carboxylic acids is 1. The highest BCUT2D eigenvalue weighted by Gasteiger charge is 2.54. The van der Waals surface area contributed by atoms with Gasteiger partial charge in [0.05, 0.1) is 17.3 Å². The summed E-state index contributed by atoms with van der Waals surface area (Å²) in [7, 11) is -3.74. The van der Waals surface area contributed by atoms with Crippen molar-refractivity contribution in [2.24, 2.45) is 4.99 Å². The topological polar surface area (TPSA) is 114 Å². The second-order valence-corrected chi connectivity index (χ2v) is 14.4. The molecule has 0 fully saturated rings. The van der Waals surface area contributed by atoms with Crippen LogP contribution in [-0.4, -0.2) is 56.4 Å². The summed E-state index contributed by atoms with van der Waals surface area (Å²) in [6, 6.07) is 33.0. The van der Waals surface area contributed by atoms with E-state index >= 15 is 0 Å². The minimum absolute atomic E-state index is 0.0380. The molecule has 0 radical (unpaired) electrons. The van der Waals surface area contributed by atoms with Gasteiger partial charge in [-0.25, -0.2) is 13.4 Å². The molecule has 4 aromatic carbocycles. The zero-order chi connectivity index (χ0) is 33.1. The summed E-state index contributed by atoms with van der Waals surface area (Å²) in [5.74, 6) is 0.165. The Bertz CT molecular complexity index is 1750. The van der Waals surface area contributed by atoms with Gasteiger partial charge in [0.1, 0.15) is 5.75 Å². The minimum Gasteiger partial charge on any atom is -0.494 e. The molecule has 1 heterocycles. The van der Waals surface area contributed by atoms with Crippen LogP contribution in [0, 0.1) is 0 Å². The molecule has 1 amide bonds. The highest BCUT2D eigenvalue weighted by molar-refractivity contribution is 9.10. The van der Waals surface area contributed by atoms with Crippen molar-refractivity contribution < 1.29 is 27.8 Å². The summed E-state index contributed by atoms with van der Waals surface area (Å²) >= 11 is 3.63. The predicted molar refractivity (Wildman–Crippen MR) is 186 cm³/mol. The predicted octanol–water partition coefficient (Wildman–Crippen LogP) is 6.47. The first-order chi connectivity index (χ1) is 22.8. The number of hydrogen-bond donors (Lipinski definition) is 2. The SMILES string of the molecule is O=C(NCCCCc1ccccc1)[C@]1(CCS(=O)(=O)c2ccccc2)N=C(c2ccc(OCCCO)cc2)O[C@@H]1c1ccccc1Br. The molecule has 1 aliphatic rings. The highest BCUT2D eigenvalue weighted by Crippen LogP contribution is 2.45. The number of carbonyl (C=O) groups is 1. The van der Waals surface area contributed by atoms with Crippen LogP contribution < -0.4 is 10.1 Å². The van der Waals surface area contributed by atoms with Gasteiger partial charge >= 0.3 is 0 Å². The summed E-state index contributed by atoms with van der Waals surface area (Å²) in [6.07, 6.45) is 2.03. The second kappa shape index (κ2) is 16.2. The van der Waals surface area contributed by atoms with Crippen molar-refractivity contribution in [1.82, 2.24) is 5.32 Å². The fourth-order valence-electron chi connectivity index (χ4n) is 5.52. The van der Waals surface area contributed by atoms with Crippen molar-refractivity contribution in [2.45, 2.75) is 48.6 Å². The fraction of sp³-hybridized carbons (Fsp3) is 0.297. The Morgan fingerprint density at radius 1 is 0.894 bits per heavy atom. The summed E-state index contributed by atoms with van der Waals surface area (Å²) in [4.78, 5) is 19.5. The smallest absolute Gasteiger partial charge is 0.252 e. The first kappa shape index (κ1) is 34.3. The van der Waals surface area contributed by atoms with Crippen LogP contribution in [0.1, 0.15) is 48.5 Å². The molecule has 0 saturated carbocycles. The maximum Gasteiger partial charge on any atom is 0.252 e. The average Bonchev–Trinajstić information content (AvgIpc) is 3.49. The third kappa shape index (κ3) is 8.68. The number of nitrogens with zero attached hydrogens (tertiary/aromatic N) is 1. The lowest BCUT2D eigenvalue weighted by molar-refractivity contribution is -0.129. The Kier molecular flexibility index (Phi) is 11.8. The van der Waals surface area contributed by atoms with Crippen molar-refractivity contribution >= 4 is 37.6 Å². The molecule has 2 atom stereocenters. The first-order valence-electron chi connectivity index (χ1n) is 15.8. The van der Waals surface area contributed by atoms with Gasteiger partial charge in [-0.2, -0.15) is 0 Å². The van der Waals surface area contributed by atoms with Crippen LogP contribution in [0.5, 0.6) is 5.75 Å². The number of ether oxygens (including phenoxy) is 2. The monoisotopic (exact) mass is 718 g/mol. The highest BCUT2D eigenvalue weighted by atomic mass is 79.9. The van der Waals surface area contributed by atoms with Crippen LogP contribution in [0.2, 0.25) is 0 Å². The van der Waals surface area contributed by atoms with Crippen molar-refractivity contribution in [2.75, 3.05) is 25.5 Å². The van der Waals surface area contributed by atoms with Gasteiger partial charge in [-0.1, -0.05) is 82.7 Å². The quantitative estimate of drug-likeness (QED) is 0.128. The van der Waals surface area contributed by atoms with Crippen LogP contribution in [0.15, 0.2) is 124 Å². The van der Waals surface area contributed by atoms with Crippen molar-refractivity contribution in [3.05, 3.63) is 130 Å². The lowest BCUT2D eigenvalue weighted by Gasteiger charge is -2.31. The number of aliphatic hydroxyl groups excluding tert-OH is 1. The van der Waals surface area contributed by atoms with E-state index in [1.165, 1.54) is 5.56 Å². The molecule has 10 heteroatoms. The number of benzene rings is 4. The molecule has 8 nitrogen and oxygen atoms in total. The third-order valence-electron chi connectivity index (χ3n) is 8.09. The summed E-state index contributed by atoms with van der Waals surface area (Å²) < 4.78 is 40.0. The van der Waals surface area contributed by atoms with Gasteiger partial charge in [0.15, 0.2) is 21.5 Å². The van der Waals surface area contributed by atoms with Crippen LogP contribution in [0.25, 0.3) is 0 Å². The molecular formula is C37H39BrN2O6S. The number of hydrogen-bond acceptors (Lipinski definition) is 7. The number of amides is 1. The molecule has 0 bridgehead atoms. The molecule has 0 spiro atoms. The van der Waals surface area contributed by atoms with Gasteiger partial charge in [0.25, 0.3) is 5.91 Å². The number of aliphatic hydroxyl groups is 1. The molecule has 0 unspecified atom stereocenters. The van der Waals surface area contributed by atoms with Crippen molar-refractivity contribution in [3.8, 4) is 5.75 Å². The van der Waals surface area contributed by atoms with E-state index in [0.717, 1.165) is 23.7 Å². The Morgan fingerprint density at radius 3 is 2.28 bits per heavy atom. The van der Waals surface area contributed by atoms with Gasteiger partial charge in [-0.05, 0) is 67.3 Å². The van der Waals surface area contributed by atoms with Gasteiger partial charge in [0.2, 0.25) is 5.90 Å². The maximum atomic E-state index is 14.4. The fourth-order valence-corrected chi connectivity index (χ4v) is 7.40. The van der Waals surface area contributed by atoms with Crippen molar-refractivity contribution in [3.63, 3.8) is 0 Å². The normalized spacial score (nSPS) is 17.5. The average molecular weight is 720 g/mol. The van der Waals surface area contributed by atoms with Gasteiger partial charge in [-0.15, -0.1) is 0 Å². The summed E-state index contributed by atoms with van der Waals surface area (Å²) in [5.41, 5.74) is 0.974. The molecule has 1 aliphatic heterocycles. The van der Waals surface area contributed by atoms with Crippen LogP contribution >= 0.6 is 15.9 Å². The van der Waals surface area contributed by atoms with Gasteiger partial charge < -0.3 is 19.9 Å². The zero-order valence-corrected chi connectivity index (χ0v) is 28.5. The number of aryl methyl sites for hydroxylation is 1. The van der Waals surface area contributed by atoms with E-state index in [4.69, 9.17) is 19.6 Å². The Morgan fingerprint density at radius 2 is 1.57 bits per heavy atom. The molecule has 246 valence electrons. The van der Waals surface area contributed by atoms with Crippen LogP contribution in [-0.2, 0) is 25.8 Å². The number of nitrogens with one attached hydrogen (secondary N) is 1.